The minimum Gasteiger partial charge on any atom is -0.538 e. The maximum Gasteiger partial charge on any atom is 0.370 e. The van der Waals surface area contributed by atoms with Gasteiger partial charge < -0.3 is 30.1 Å². The van der Waals surface area contributed by atoms with Crippen molar-refractivity contribution in [3.63, 3.8) is 0 Å². The number of rotatable bonds is 12. The average molecular weight is 408 g/mol. The van der Waals surface area contributed by atoms with Gasteiger partial charge in [-0.15, -0.1) is 0 Å². The summed E-state index contributed by atoms with van der Waals surface area (Å²) in [6.45, 7) is 1.95. The van der Waals surface area contributed by atoms with Gasteiger partial charge in [0.25, 0.3) is 0 Å². The Labute approximate surface area is 157 Å². The topological polar surface area (TPSA) is 146 Å². The molecule has 4 unspecified atom stereocenters. The van der Waals surface area contributed by atoms with Crippen molar-refractivity contribution in [1.29, 1.82) is 0 Å². The molecule has 26 heavy (non-hydrogen) atoms. The molecule has 0 spiro atoms. The first kappa shape index (κ1) is 24.6. The molecular weight excluding hydrogens is 383 g/mol. The molecule has 0 saturated carbocycles. The van der Waals surface area contributed by atoms with E-state index < -0.39 is 36.0 Å². The number of carbonyl (C=O) groups excluding carboxylic acids is 4. The lowest BCUT2D eigenvalue weighted by molar-refractivity contribution is -0.137. The normalized spacial score (nSPS) is 12.3. The minimum atomic E-state index is -1.09. The predicted octanol–water partition coefficient (Wildman–Crippen LogP) is -0.191. The van der Waals surface area contributed by atoms with Crippen molar-refractivity contribution in [3.05, 3.63) is 0 Å². The lowest BCUT2D eigenvalue weighted by Crippen LogP contribution is -2.51. The van der Waals surface area contributed by atoms with E-state index in [4.69, 9.17) is 10.4 Å². The predicted molar refractivity (Wildman–Crippen MR) is 101 cm³/mol. The van der Waals surface area contributed by atoms with Crippen LogP contribution in [0.3, 0.4) is 0 Å². The lowest BCUT2D eigenvalue weighted by Gasteiger charge is -2.20. The van der Waals surface area contributed by atoms with Gasteiger partial charge in [0, 0.05) is 6.42 Å². The number of hydrogen-bond donors (Lipinski definition) is 3. The van der Waals surface area contributed by atoms with Gasteiger partial charge in [0.05, 0.1) is 18.9 Å². The zero-order valence-electron chi connectivity index (χ0n) is 14.6. The zero-order chi connectivity index (χ0) is 19.9. The summed E-state index contributed by atoms with van der Waals surface area (Å²) in [6, 6.07) is -2.76. The van der Waals surface area contributed by atoms with Crippen LogP contribution in [0.4, 0.5) is 4.79 Å². The minimum absolute atomic E-state index is 0.0285. The first-order chi connectivity index (χ1) is 12.4. The van der Waals surface area contributed by atoms with Crippen molar-refractivity contribution in [1.82, 2.24) is 10.6 Å². The van der Waals surface area contributed by atoms with E-state index in [-0.39, 0.29) is 12.8 Å². The van der Waals surface area contributed by atoms with Crippen LogP contribution < -0.4 is 16.4 Å². The fourth-order valence-corrected chi connectivity index (χ4v) is 2.23. The quantitative estimate of drug-likeness (QED) is 0.229. The highest BCUT2D eigenvalue weighted by Crippen LogP contribution is 2.06. The standard InChI is InChI=1S/C13H25BN3O7P2/c1-14-22-11(19)9(5-6-10(18)23-25)17-13(21)16-8(12(20)24-26)4-2-3-7-15/h8-9H,2-7,15,25-26H2,1H3,(H2,16,17,21). The molecule has 147 valence electrons. The fraction of sp³-hybridized carbons (Fsp3) is 0.692. The molecule has 4 N–H and O–H groups in total. The molecule has 0 aromatic rings. The van der Waals surface area contributed by atoms with E-state index in [1.807, 2.05) is 9.47 Å². The molecular formula is C13H25BN3O7P2. The van der Waals surface area contributed by atoms with Gasteiger partial charge in [0.2, 0.25) is 0 Å². The van der Waals surface area contributed by atoms with Crippen LogP contribution in [0.25, 0.3) is 0 Å². The van der Waals surface area contributed by atoms with Gasteiger partial charge in [-0.05, 0) is 32.2 Å². The zero-order valence-corrected chi connectivity index (χ0v) is 16.9. The van der Waals surface area contributed by atoms with Crippen molar-refractivity contribution in [2.75, 3.05) is 6.54 Å². The molecule has 2 amide bonds. The van der Waals surface area contributed by atoms with Crippen LogP contribution in [-0.2, 0) is 28.1 Å². The number of nitrogens with two attached hydrogens (primary N) is 1. The largest absolute Gasteiger partial charge is 0.538 e. The molecule has 4 atom stereocenters. The number of urea groups is 1. The molecule has 0 saturated heterocycles. The molecule has 0 aliphatic carbocycles. The Hall–Kier alpha value is -1.44. The first-order valence-corrected chi connectivity index (χ1v) is 8.89. The van der Waals surface area contributed by atoms with E-state index in [1.165, 1.54) is 6.82 Å². The van der Waals surface area contributed by atoms with Gasteiger partial charge in [-0.3, -0.25) is 9.59 Å². The van der Waals surface area contributed by atoms with Gasteiger partial charge in [-0.1, -0.05) is 6.82 Å². The maximum atomic E-state index is 12.1. The fourth-order valence-electron chi connectivity index (χ4n) is 1.95. The highest BCUT2D eigenvalue weighted by atomic mass is 31.0. The summed E-state index contributed by atoms with van der Waals surface area (Å²) in [5.74, 6) is -1.95. The van der Waals surface area contributed by atoms with Crippen molar-refractivity contribution < 1.29 is 32.9 Å². The van der Waals surface area contributed by atoms with Crippen LogP contribution in [0.1, 0.15) is 32.1 Å². The van der Waals surface area contributed by atoms with Crippen LogP contribution in [-0.4, -0.2) is 50.0 Å². The average Bonchev–Trinajstić information content (AvgIpc) is 2.63. The van der Waals surface area contributed by atoms with E-state index in [0.717, 1.165) is 7.48 Å². The van der Waals surface area contributed by atoms with Crippen LogP contribution in [0.15, 0.2) is 0 Å². The molecule has 10 nitrogen and oxygen atoms in total. The summed E-state index contributed by atoms with van der Waals surface area (Å²) in [6.07, 6.45) is 1.48. The summed E-state index contributed by atoms with van der Waals surface area (Å²) in [4.78, 5) is 47.0. The summed E-state index contributed by atoms with van der Waals surface area (Å²) < 4.78 is 13.8. The summed E-state index contributed by atoms with van der Waals surface area (Å²) in [7, 11) is 4.78. The molecule has 0 aliphatic heterocycles. The van der Waals surface area contributed by atoms with Gasteiger partial charge in [-0.25, -0.2) is 9.59 Å². The number of unbranched alkanes of at least 4 members (excludes halogenated alkanes) is 1. The van der Waals surface area contributed by atoms with Crippen LogP contribution in [0.5, 0.6) is 0 Å². The third-order valence-corrected chi connectivity index (χ3v) is 3.74. The van der Waals surface area contributed by atoms with Crippen LogP contribution in [0.2, 0.25) is 6.82 Å². The maximum absolute atomic E-state index is 12.1. The van der Waals surface area contributed by atoms with Crippen molar-refractivity contribution in [2.45, 2.75) is 51.0 Å². The van der Waals surface area contributed by atoms with Crippen molar-refractivity contribution in [2.24, 2.45) is 5.73 Å². The van der Waals surface area contributed by atoms with Crippen LogP contribution in [0, 0.1) is 0 Å². The van der Waals surface area contributed by atoms with Gasteiger partial charge >= 0.3 is 31.4 Å². The number of hydrogen-bond acceptors (Lipinski definition) is 8. The second-order valence-electron chi connectivity index (χ2n) is 5.15. The summed E-state index contributed by atoms with van der Waals surface area (Å²) in [5, 5.41) is 4.82. The highest BCUT2D eigenvalue weighted by molar-refractivity contribution is 7.11. The van der Waals surface area contributed by atoms with E-state index in [2.05, 4.69) is 19.7 Å². The molecule has 0 fully saturated rings. The molecule has 0 aliphatic rings. The third-order valence-electron chi connectivity index (χ3n) is 3.25. The second-order valence-corrected chi connectivity index (χ2v) is 5.62. The first-order valence-electron chi connectivity index (χ1n) is 7.95. The number of carbonyl (C=O) groups is 4. The monoisotopic (exact) mass is 408 g/mol. The Morgan fingerprint density at radius 2 is 1.62 bits per heavy atom. The SMILES string of the molecule is C[B]OC(=O)C(CCC(=O)OP)NC(=O)NC(CCCCN)C(=O)OP. The van der Waals surface area contributed by atoms with Gasteiger partial charge in [0.1, 0.15) is 12.1 Å². The number of nitrogens with one attached hydrogen (secondary N) is 2. The van der Waals surface area contributed by atoms with Crippen LogP contribution >= 0.6 is 18.9 Å². The Morgan fingerprint density at radius 3 is 2.12 bits per heavy atom. The van der Waals surface area contributed by atoms with E-state index in [9.17, 15) is 19.2 Å². The lowest BCUT2D eigenvalue weighted by atomic mass is 10.1. The van der Waals surface area contributed by atoms with E-state index in [0.29, 0.717) is 25.8 Å². The summed E-state index contributed by atoms with van der Waals surface area (Å²) in [5.41, 5.74) is 5.41. The molecule has 0 heterocycles. The van der Waals surface area contributed by atoms with Gasteiger partial charge in [-0.2, -0.15) is 0 Å². The Kier molecular flexibility index (Phi) is 13.9. The third kappa shape index (κ3) is 10.5. The second kappa shape index (κ2) is 14.7. The Bertz CT molecular complexity index is 485. The van der Waals surface area contributed by atoms with Crippen molar-refractivity contribution >= 4 is 50.4 Å². The van der Waals surface area contributed by atoms with E-state index in [1.54, 1.807) is 9.47 Å². The smallest absolute Gasteiger partial charge is 0.370 e. The summed E-state index contributed by atoms with van der Waals surface area (Å²) >= 11 is 0. The molecule has 1 radical (unpaired) electrons. The highest BCUT2D eigenvalue weighted by Gasteiger charge is 2.26. The number of amides is 2. The molecule has 13 heteroatoms. The Morgan fingerprint density at radius 1 is 1.00 bits per heavy atom. The van der Waals surface area contributed by atoms with Crippen molar-refractivity contribution in [3.8, 4) is 0 Å². The van der Waals surface area contributed by atoms with E-state index >= 15 is 0 Å². The molecule has 0 rings (SSSR count). The van der Waals surface area contributed by atoms with Gasteiger partial charge in [0.15, 0.2) is 0 Å². The molecule has 0 aromatic carbocycles. The molecule has 0 bridgehead atoms. The molecule has 0 aromatic heterocycles. The Balaban J connectivity index is 4.82.